The van der Waals surface area contributed by atoms with Gasteiger partial charge in [0.05, 0.1) is 11.0 Å². The molecule has 1 unspecified atom stereocenters. The van der Waals surface area contributed by atoms with E-state index in [1.54, 1.807) is 18.2 Å². The average molecular weight is 363 g/mol. The summed E-state index contributed by atoms with van der Waals surface area (Å²) in [4.78, 5) is 0.281. The molecule has 1 fully saturated rings. The minimum atomic E-state index is -3.51. The Morgan fingerprint density at radius 3 is 2.90 bits per heavy atom. The molecular weight excluding hydrogens is 344 g/mol. The van der Waals surface area contributed by atoms with Crippen molar-refractivity contribution in [3.63, 3.8) is 0 Å². The number of sulfonamides is 1. The third-order valence-corrected chi connectivity index (χ3v) is 6.11. The molecule has 2 N–H and O–H groups in total. The summed E-state index contributed by atoms with van der Waals surface area (Å²) in [7, 11) is -3.51. The lowest BCUT2D eigenvalue weighted by Crippen LogP contribution is -2.36. The Morgan fingerprint density at radius 1 is 1.50 bits per heavy atom. The first-order chi connectivity index (χ1) is 9.45. The fourth-order valence-corrected chi connectivity index (χ4v) is 4.83. The van der Waals surface area contributed by atoms with Gasteiger partial charge in [-0.25, -0.2) is 8.42 Å². The highest BCUT2D eigenvalue weighted by Gasteiger charge is 2.29. The van der Waals surface area contributed by atoms with E-state index < -0.39 is 10.0 Å². The van der Waals surface area contributed by atoms with Gasteiger partial charge in [0, 0.05) is 30.7 Å². The zero-order valence-corrected chi connectivity index (χ0v) is 13.8. The van der Waals surface area contributed by atoms with Crippen LogP contribution < -0.4 is 5.73 Å². The van der Waals surface area contributed by atoms with E-state index in [1.165, 1.54) is 4.31 Å². The summed E-state index contributed by atoms with van der Waals surface area (Å²) in [5, 5.41) is 0. The predicted octanol–water partition coefficient (Wildman–Crippen LogP) is 1.71. The lowest BCUT2D eigenvalue weighted by molar-refractivity contribution is 0.0752. The largest absolute Gasteiger partial charge is 0.377 e. The van der Waals surface area contributed by atoms with Gasteiger partial charge in [0.25, 0.3) is 0 Å². The van der Waals surface area contributed by atoms with Gasteiger partial charge in [0.15, 0.2) is 0 Å². The van der Waals surface area contributed by atoms with Crippen LogP contribution in [0.4, 0.5) is 0 Å². The molecule has 0 bridgehead atoms. The molecule has 1 aromatic carbocycles. The average Bonchev–Trinajstić information content (AvgIpc) is 2.63. The van der Waals surface area contributed by atoms with E-state index in [0.717, 1.165) is 5.56 Å². The molecule has 2 rings (SSSR count). The number of ether oxygens (including phenoxy) is 1. The lowest BCUT2D eigenvalue weighted by Gasteiger charge is -2.22. The van der Waals surface area contributed by atoms with Gasteiger partial charge in [-0.1, -0.05) is 6.07 Å². The van der Waals surface area contributed by atoms with Crippen molar-refractivity contribution in [3.05, 3.63) is 28.2 Å². The standard InChI is InChI=1S/C13H19BrN2O3S/c1-10-9-16(5-2-6-19-10)20(17,18)13-4-3-11(8-15)7-12(13)14/h3-4,7,10H,2,5-6,8-9,15H2,1H3. The fraction of sp³-hybridized carbons (Fsp3) is 0.538. The minimum Gasteiger partial charge on any atom is -0.377 e. The number of hydrogen-bond acceptors (Lipinski definition) is 4. The van der Waals surface area contributed by atoms with Gasteiger partial charge in [-0.3, -0.25) is 0 Å². The Bertz CT molecular complexity index is 577. The summed E-state index contributed by atoms with van der Waals surface area (Å²) < 4.78 is 33.0. The van der Waals surface area contributed by atoms with Gasteiger partial charge in [-0.15, -0.1) is 0 Å². The van der Waals surface area contributed by atoms with Crippen molar-refractivity contribution in [2.24, 2.45) is 5.73 Å². The maximum atomic E-state index is 12.7. The lowest BCUT2D eigenvalue weighted by atomic mass is 10.2. The topological polar surface area (TPSA) is 72.6 Å². The van der Waals surface area contributed by atoms with Gasteiger partial charge in [-0.05, 0) is 47.0 Å². The number of hydrogen-bond donors (Lipinski definition) is 1. The van der Waals surface area contributed by atoms with Crippen molar-refractivity contribution in [2.75, 3.05) is 19.7 Å². The van der Waals surface area contributed by atoms with E-state index in [4.69, 9.17) is 10.5 Å². The summed E-state index contributed by atoms with van der Waals surface area (Å²) >= 11 is 3.33. The second-order valence-electron chi connectivity index (χ2n) is 4.87. The van der Waals surface area contributed by atoms with Crippen LogP contribution in [0.1, 0.15) is 18.9 Å². The van der Waals surface area contributed by atoms with E-state index in [-0.39, 0.29) is 11.0 Å². The van der Waals surface area contributed by atoms with Gasteiger partial charge in [0.2, 0.25) is 10.0 Å². The SMILES string of the molecule is CC1CN(S(=O)(=O)c2ccc(CN)cc2Br)CCCO1. The van der Waals surface area contributed by atoms with Crippen molar-refractivity contribution in [1.82, 2.24) is 4.31 Å². The Morgan fingerprint density at radius 2 is 2.25 bits per heavy atom. The molecular formula is C13H19BrN2O3S. The molecule has 1 saturated heterocycles. The minimum absolute atomic E-state index is 0.0886. The van der Waals surface area contributed by atoms with Gasteiger partial charge < -0.3 is 10.5 Å². The second kappa shape index (κ2) is 6.53. The van der Waals surface area contributed by atoms with Crippen LogP contribution in [-0.2, 0) is 21.3 Å². The molecule has 0 saturated carbocycles. The normalized spacial score (nSPS) is 21.6. The molecule has 20 heavy (non-hydrogen) atoms. The summed E-state index contributed by atoms with van der Waals surface area (Å²) in [5.74, 6) is 0. The molecule has 0 aromatic heterocycles. The maximum Gasteiger partial charge on any atom is 0.244 e. The van der Waals surface area contributed by atoms with Crippen molar-refractivity contribution in [1.29, 1.82) is 0 Å². The van der Waals surface area contributed by atoms with Crippen LogP contribution in [0.25, 0.3) is 0 Å². The summed E-state index contributed by atoms with van der Waals surface area (Å²) in [6.07, 6.45) is 0.622. The van der Waals surface area contributed by atoms with Crippen molar-refractivity contribution in [2.45, 2.75) is 30.9 Å². The van der Waals surface area contributed by atoms with Crippen molar-refractivity contribution in [3.8, 4) is 0 Å². The van der Waals surface area contributed by atoms with Crippen LogP contribution >= 0.6 is 15.9 Å². The van der Waals surface area contributed by atoms with E-state index in [0.29, 0.717) is 37.1 Å². The quantitative estimate of drug-likeness (QED) is 0.888. The van der Waals surface area contributed by atoms with E-state index in [2.05, 4.69) is 15.9 Å². The number of rotatable bonds is 3. The van der Waals surface area contributed by atoms with Crippen LogP contribution in [0.3, 0.4) is 0 Å². The molecule has 1 aromatic rings. The zero-order chi connectivity index (χ0) is 14.8. The number of halogens is 1. The number of nitrogens with zero attached hydrogens (tertiary/aromatic N) is 1. The molecule has 0 radical (unpaired) electrons. The van der Waals surface area contributed by atoms with Crippen LogP contribution in [0.2, 0.25) is 0 Å². The van der Waals surface area contributed by atoms with Crippen molar-refractivity contribution >= 4 is 26.0 Å². The van der Waals surface area contributed by atoms with E-state index >= 15 is 0 Å². The zero-order valence-electron chi connectivity index (χ0n) is 11.4. The molecule has 112 valence electrons. The smallest absolute Gasteiger partial charge is 0.244 e. The Kier molecular flexibility index (Phi) is 5.19. The summed E-state index contributed by atoms with van der Waals surface area (Å²) in [6.45, 7) is 3.74. The Balaban J connectivity index is 2.34. The van der Waals surface area contributed by atoms with Crippen molar-refractivity contribution < 1.29 is 13.2 Å². The highest BCUT2D eigenvalue weighted by Crippen LogP contribution is 2.27. The molecule has 1 heterocycles. The van der Waals surface area contributed by atoms with Gasteiger partial charge in [0.1, 0.15) is 0 Å². The fourth-order valence-electron chi connectivity index (χ4n) is 2.19. The maximum absolute atomic E-state index is 12.7. The van der Waals surface area contributed by atoms with E-state index in [9.17, 15) is 8.42 Å². The van der Waals surface area contributed by atoms with Crippen LogP contribution in [-0.4, -0.2) is 38.5 Å². The van der Waals surface area contributed by atoms with Crippen LogP contribution in [0.15, 0.2) is 27.6 Å². The second-order valence-corrected chi connectivity index (χ2v) is 7.63. The highest BCUT2D eigenvalue weighted by molar-refractivity contribution is 9.10. The number of nitrogens with two attached hydrogens (primary N) is 1. The third kappa shape index (κ3) is 3.40. The van der Waals surface area contributed by atoms with Crippen LogP contribution in [0, 0.1) is 0 Å². The molecule has 7 heteroatoms. The summed E-state index contributed by atoms with van der Waals surface area (Å²) in [6, 6.07) is 5.11. The Hall–Kier alpha value is -0.470. The first-order valence-electron chi connectivity index (χ1n) is 6.55. The van der Waals surface area contributed by atoms with E-state index in [1.807, 2.05) is 6.92 Å². The van der Waals surface area contributed by atoms with Crippen LogP contribution in [0.5, 0.6) is 0 Å². The first-order valence-corrected chi connectivity index (χ1v) is 8.78. The number of benzene rings is 1. The molecule has 1 aliphatic rings. The molecule has 0 amide bonds. The third-order valence-electron chi connectivity index (χ3n) is 3.26. The monoisotopic (exact) mass is 362 g/mol. The highest BCUT2D eigenvalue weighted by atomic mass is 79.9. The van der Waals surface area contributed by atoms with Gasteiger partial charge in [-0.2, -0.15) is 4.31 Å². The predicted molar refractivity (Wildman–Crippen MR) is 80.8 cm³/mol. The molecule has 1 aliphatic heterocycles. The molecule has 0 spiro atoms. The van der Waals surface area contributed by atoms with Gasteiger partial charge >= 0.3 is 0 Å². The molecule has 1 atom stereocenters. The summed E-state index contributed by atoms with van der Waals surface area (Å²) in [5.41, 5.74) is 6.45. The Labute approximate surface area is 128 Å². The molecule has 5 nitrogen and oxygen atoms in total. The first kappa shape index (κ1) is 15.9. The molecule has 0 aliphatic carbocycles.